The summed E-state index contributed by atoms with van der Waals surface area (Å²) < 4.78 is 27.3. The van der Waals surface area contributed by atoms with Gasteiger partial charge in [0.2, 0.25) is 10.0 Å². The van der Waals surface area contributed by atoms with Crippen LogP contribution in [0, 0.1) is 0 Å². The molecule has 1 aromatic carbocycles. The molecule has 0 atom stereocenters. The van der Waals surface area contributed by atoms with Gasteiger partial charge in [-0.15, -0.1) is 0 Å². The van der Waals surface area contributed by atoms with Gasteiger partial charge in [-0.2, -0.15) is 0 Å². The lowest BCUT2D eigenvalue weighted by Crippen LogP contribution is -2.23. The highest BCUT2D eigenvalue weighted by Crippen LogP contribution is 2.09. The van der Waals surface area contributed by atoms with Crippen molar-refractivity contribution in [3.8, 4) is 0 Å². The van der Waals surface area contributed by atoms with Gasteiger partial charge in [0.1, 0.15) is 0 Å². The van der Waals surface area contributed by atoms with Gasteiger partial charge in [0, 0.05) is 0 Å². The van der Waals surface area contributed by atoms with E-state index in [4.69, 9.17) is 0 Å². The molecule has 0 heterocycles. The number of nitrogens with one attached hydrogen (secondary N) is 1. The average Bonchev–Trinajstić information content (AvgIpc) is 2.27. The van der Waals surface area contributed by atoms with Crippen molar-refractivity contribution in [2.45, 2.75) is 5.75 Å². The summed E-state index contributed by atoms with van der Waals surface area (Å²) in [6, 6.07) is 6.19. The molecular formula is C10H13NO5S. The summed E-state index contributed by atoms with van der Waals surface area (Å²) in [5.74, 6) is -0.782. The number of esters is 1. The lowest BCUT2D eigenvalue weighted by Gasteiger charge is -2.05. The zero-order chi connectivity index (χ0) is 12.9. The fraction of sp³-hybridized carbons (Fsp3) is 0.300. The maximum absolute atomic E-state index is 11.4. The number of ether oxygens (including phenoxy) is 1. The van der Waals surface area contributed by atoms with Crippen molar-refractivity contribution < 1.29 is 22.8 Å². The first-order valence-electron chi connectivity index (χ1n) is 4.68. The van der Waals surface area contributed by atoms with Crippen LogP contribution in [0.2, 0.25) is 0 Å². The quantitative estimate of drug-likeness (QED) is 0.613. The minimum Gasteiger partial charge on any atom is -0.465 e. The van der Waals surface area contributed by atoms with Gasteiger partial charge >= 0.3 is 5.97 Å². The molecule has 0 saturated heterocycles. The predicted molar refractivity (Wildman–Crippen MR) is 60.6 cm³/mol. The number of benzene rings is 1. The molecule has 0 fully saturated rings. The molecule has 1 N–H and O–H groups in total. The summed E-state index contributed by atoms with van der Waals surface area (Å²) in [6.07, 6.45) is 0. The molecule has 0 aliphatic carbocycles. The van der Waals surface area contributed by atoms with Crippen LogP contribution in [0.25, 0.3) is 0 Å². The number of carbonyl (C=O) groups is 1. The van der Waals surface area contributed by atoms with E-state index in [2.05, 4.69) is 9.57 Å². The number of carbonyl (C=O) groups excluding carboxylic acids is 1. The molecule has 0 bridgehead atoms. The lowest BCUT2D eigenvalue weighted by atomic mass is 10.1. The Bertz CT molecular complexity index is 497. The van der Waals surface area contributed by atoms with Gasteiger partial charge in [0.25, 0.3) is 0 Å². The van der Waals surface area contributed by atoms with Gasteiger partial charge in [-0.25, -0.2) is 13.2 Å². The second-order valence-corrected chi connectivity index (χ2v) is 4.92. The molecular weight excluding hydrogens is 246 g/mol. The van der Waals surface area contributed by atoms with Crippen molar-refractivity contribution in [2.75, 3.05) is 14.2 Å². The van der Waals surface area contributed by atoms with Crippen molar-refractivity contribution in [1.82, 2.24) is 4.89 Å². The van der Waals surface area contributed by atoms with Crippen LogP contribution in [0.1, 0.15) is 15.9 Å². The van der Waals surface area contributed by atoms with E-state index in [1.54, 1.807) is 18.2 Å². The molecule has 0 aliphatic rings. The first-order valence-corrected chi connectivity index (χ1v) is 6.33. The van der Waals surface area contributed by atoms with Crippen LogP contribution in [0.5, 0.6) is 0 Å². The first-order chi connectivity index (χ1) is 7.98. The molecule has 94 valence electrons. The minimum absolute atomic E-state index is 0.272. The van der Waals surface area contributed by atoms with Gasteiger partial charge in [0.15, 0.2) is 0 Å². The monoisotopic (exact) mass is 259 g/mol. The van der Waals surface area contributed by atoms with E-state index in [1.807, 2.05) is 4.89 Å². The summed E-state index contributed by atoms with van der Waals surface area (Å²) in [4.78, 5) is 17.5. The molecule has 0 aliphatic heterocycles. The number of hydrogen-bond donors (Lipinski definition) is 1. The maximum Gasteiger partial charge on any atom is 0.337 e. The SMILES string of the molecule is CONS(=O)(=O)Cc1cccc(C(=O)OC)c1. The van der Waals surface area contributed by atoms with Gasteiger partial charge in [-0.1, -0.05) is 17.0 Å². The van der Waals surface area contributed by atoms with Crippen LogP contribution >= 0.6 is 0 Å². The van der Waals surface area contributed by atoms with E-state index in [1.165, 1.54) is 20.3 Å². The fourth-order valence-corrected chi connectivity index (χ4v) is 2.21. The summed E-state index contributed by atoms with van der Waals surface area (Å²) in [5, 5.41) is 0. The van der Waals surface area contributed by atoms with E-state index in [-0.39, 0.29) is 5.75 Å². The Labute approximate surface area is 99.5 Å². The second-order valence-electron chi connectivity index (χ2n) is 3.24. The van der Waals surface area contributed by atoms with Crippen molar-refractivity contribution in [2.24, 2.45) is 0 Å². The number of hydrogen-bond acceptors (Lipinski definition) is 5. The van der Waals surface area contributed by atoms with E-state index in [9.17, 15) is 13.2 Å². The van der Waals surface area contributed by atoms with E-state index in [0.29, 0.717) is 11.1 Å². The summed E-state index contributed by atoms with van der Waals surface area (Å²) in [6.45, 7) is 0. The van der Waals surface area contributed by atoms with Gasteiger partial charge in [-0.05, 0) is 17.7 Å². The third-order valence-electron chi connectivity index (χ3n) is 1.92. The Morgan fingerprint density at radius 3 is 2.65 bits per heavy atom. The van der Waals surface area contributed by atoms with Crippen LogP contribution in [0.3, 0.4) is 0 Å². The molecule has 17 heavy (non-hydrogen) atoms. The van der Waals surface area contributed by atoms with E-state index >= 15 is 0 Å². The summed E-state index contributed by atoms with van der Waals surface area (Å²) in [7, 11) is -1.09. The molecule has 1 rings (SSSR count). The molecule has 0 unspecified atom stereocenters. The topological polar surface area (TPSA) is 81.7 Å². The molecule has 7 heteroatoms. The number of rotatable bonds is 5. The Morgan fingerprint density at radius 2 is 2.06 bits per heavy atom. The van der Waals surface area contributed by atoms with Crippen LogP contribution in [-0.4, -0.2) is 28.6 Å². The molecule has 0 saturated carbocycles. The molecule has 0 aromatic heterocycles. The third-order valence-corrected chi connectivity index (χ3v) is 3.05. The van der Waals surface area contributed by atoms with Crippen molar-refractivity contribution in [1.29, 1.82) is 0 Å². The van der Waals surface area contributed by atoms with Gasteiger partial charge in [-0.3, -0.25) is 4.84 Å². The zero-order valence-corrected chi connectivity index (χ0v) is 10.3. The highest BCUT2D eigenvalue weighted by molar-refractivity contribution is 7.88. The summed E-state index contributed by atoms with van der Waals surface area (Å²) in [5.41, 5.74) is 0.773. The Kier molecular flexibility index (Phi) is 4.62. The fourth-order valence-electron chi connectivity index (χ4n) is 1.28. The number of sulfonamides is 1. The molecule has 0 amide bonds. The Morgan fingerprint density at radius 1 is 1.35 bits per heavy atom. The molecule has 0 radical (unpaired) electrons. The minimum atomic E-state index is -3.56. The largest absolute Gasteiger partial charge is 0.465 e. The van der Waals surface area contributed by atoms with Crippen molar-refractivity contribution in [3.63, 3.8) is 0 Å². The maximum atomic E-state index is 11.4. The first kappa shape index (κ1) is 13.6. The van der Waals surface area contributed by atoms with Crippen LogP contribution in [-0.2, 0) is 25.4 Å². The van der Waals surface area contributed by atoms with E-state index < -0.39 is 16.0 Å². The standard InChI is InChI=1S/C10H13NO5S/c1-15-10(12)9-5-3-4-8(6-9)7-17(13,14)11-16-2/h3-6,11H,7H2,1-2H3. The Balaban J connectivity index is 2.90. The van der Waals surface area contributed by atoms with Crippen LogP contribution in [0.15, 0.2) is 24.3 Å². The third kappa shape index (κ3) is 4.14. The normalized spacial score (nSPS) is 11.2. The van der Waals surface area contributed by atoms with Crippen molar-refractivity contribution >= 4 is 16.0 Å². The lowest BCUT2D eigenvalue weighted by molar-refractivity contribution is 0.0600. The predicted octanol–water partition coefficient (Wildman–Crippen LogP) is 0.454. The highest BCUT2D eigenvalue weighted by Gasteiger charge is 2.12. The molecule has 1 aromatic rings. The second kappa shape index (κ2) is 5.76. The Hall–Kier alpha value is -1.44. The summed E-state index contributed by atoms with van der Waals surface area (Å²) >= 11 is 0. The average molecular weight is 259 g/mol. The smallest absolute Gasteiger partial charge is 0.337 e. The van der Waals surface area contributed by atoms with Crippen molar-refractivity contribution in [3.05, 3.63) is 35.4 Å². The molecule has 6 nitrogen and oxygen atoms in total. The van der Waals surface area contributed by atoms with E-state index in [0.717, 1.165) is 0 Å². The van der Waals surface area contributed by atoms with Gasteiger partial charge in [0.05, 0.1) is 25.5 Å². The zero-order valence-electron chi connectivity index (χ0n) is 9.47. The van der Waals surface area contributed by atoms with Crippen LogP contribution in [0.4, 0.5) is 0 Å². The highest BCUT2D eigenvalue weighted by atomic mass is 32.2. The molecule has 0 spiro atoms. The van der Waals surface area contributed by atoms with Crippen LogP contribution < -0.4 is 4.89 Å². The number of methoxy groups -OCH3 is 1. The van der Waals surface area contributed by atoms with Gasteiger partial charge < -0.3 is 4.74 Å².